The number of nitrogens with zero attached hydrogens (tertiary/aromatic N) is 1. The molecule has 2 aliphatic heterocycles. The van der Waals surface area contributed by atoms with Crippen molar-refractivity contribution in [3.05, 3.63) is 22.4 Å². The molecule has 7 nitrogen and oxygen atoms in total. The van der Waals surface area contributed by atoms with Crippen LogP contribution in [0.3, 0.4) is 0 Å². The number of carbonyl (C=O) groups excluding carboxylic acids is 2. The molecule has 2 fully saturated rings. The van der Waals surface area contributed by atoms with Gasteiger partial charge in [0.15, 0.2) is 6.29 Å². The molecule has 25 heavy (non-hydrogen) atoms. The molecule has 2 saturated heterocycles. The number of rotatable bonds is 6. The van der Waals surface area contributed by atoms with E-state index in [9.17, 15) is 9.59 Å². The van der Waals surface area contributed by atoms with Crippen molar-refractivity contribution in [2.24, 2.45) is 0 Å². The van der Waals surface area contributed by atoms with E-state index in [2.05, 4.69) is 15.5 Å². The maximum Gasteiger partial charge on any atom is 0.321 e. The Morgan fingerprint density at radius 2 is 2.12 bits per heavy atom. The van der Waals surface area contributed by atoms with E-state index in [-0.39, 0.29) is 24.8 Å². The molecule has 0 aliphatic carbocycles. The van der Waals surface area contributed by atoms with Crippen molar-refractivity contribution in [2.45, 2.75) is 38.0 Å². The van der Waals surface area contributed by atoms with Gasteiger partial charge in [-0.15, -0.1) is 11.3 Å². The van der Waals surface area contributed by atoms with Gasteiger partial charge in [-0.05, 0) is 37.3 Å². The largest absolute Gasteiger partial charge is 0.349 e. The monoisotopic (exact) mass is 367 g/mol. The second-order valence-corrected chi connectivity index (χ2v) is 7.31. The van der Waals surface area contributed by atoms with Crippen LogP contribution in [0.15, 0.2) is 17.5 Å². The average molecular weight is 367 g/mol. The number of carbonyl (C=O) groups is 2. The number of likely N-dealkylation sites (tertiary alicyclic amines) is 1. The Bertz CT molecular complexity index is 560. The van der Waals surface area contributed by atoms with Crippen LogP contribution in [0.25, 0.3) is 0 Å². The highest BCUT2D eigenvalue weighted by Crippen LogP contribution is 2.23. The van der Waals surface area contributed by atoms with Gasteiger partial charge in [-0.3, -0.25) is 15.0 Å². The molecule has 2 aliphatic rings. The molecule has 2 N–H and O–H groups in total. The zero-order valence-corrected chi connectivity index (χ0v) is 15.1. The van der Waals surface area contributed by atoms with Crippen LogP contribution in [0, 0.1) is 0 Å². The zero-order valence-electron chi connectivity index (χ0n) is 14.2. The van der Waals surface area contributed by atoms with E-state index in [1.165, 1.54) is 4.88 Å². The van der Waals surface area contributed by atoms with E-state index in [4.69, 9.17) is 9.47 Å². The number of hydrogen-bond acceptors (Lipinski definition) is 6. The molecule has 1 atom stereocenters. The Balaban J connectivity index is 1.40. The lowest BCUT2D eigenvalue weighted by Gasteiger charge is -2.37. The van der Waals surface area contributed by atoms with Crippen LogP contribution in [-0.2, 0) is 20.7 Å². The number of urea groups is 1. The van der Waals surface area contributed by atoms with Crippen molar-refractivity contribution < 1.29 is 19.1 Å². The van der Waals surface area contributed by atoms with E-state index in [0.29, 0.717) is 19.8 Å². The Hall–Kier alpha value is -1.48. The zero-order chi connectivity index (χ0) is 17.5. The summed E-state index contributed by atoms with van der Waals surface area (Å²) in [5.74, 6) is -0.293. The van der Waals surface area contributed by atoms with Gasteiger partial charge in [-0.2, -0.15) is 0 Å². The molecule has 8 heteroatoms. The van der Waals surface area contributed by atoms with Gasteiger partial charge < -0.3 is 14.8 Å². The summed E-state index contributed by atoms with van der Waals surface area (Å²) < 4.78 is 11.2. The highest BCUT2D eigenvalue weighted by molar-refractivity contribution is 7.09. The van der Waals surface area contributed by atoms with Gasteiger partial charge in [0.05, 0.1) is 25.8 Å². The summed E-state index contributed by atoms with van der Waals surface area (Å²) >= 11 is 1.65. The summed E-state index contributed by atoms with van der Waals surface area (Å²) in [5.41, 5.74) is 0. The summed E-state index contributed by atoms with van der Waals surface area (Å²) in [6.07, 6.45) is 3.61. The molecule has 1 aromatic heterocycles. The third-order valence-corrected chi connectivity index (χ3v) is 5.40. The van der Waals surface area contributed by atoms with Gasteiger partial charge in [0, 0.05) is 11.4 Å². The fourth-order valence-corrected chi connectivity index (χ4v) is 3.98. The SMILES string of the molecule is O=C(CN1CCCCC1C1OCCO1)NC(=O)NCCc1cccs1. The third-order valence-electron chi connectivity index (χ3n) is 4.46. The minimum Gasteiger partial charge on any atom is -0.349 e. The molecular formula is C17H25N3O4S. The van der Waals surface area contributed by atoms with Gasteiger partial charge >= 0.3 is 6.03 Å². The third kappa shape index (κ3) is 5.50. The fraction of sp³-hybridized carbons (Fsp3) is 0.647. The van der Waals surface area contributed by atoms with E-state index < -0.39 is 6.03 Å². The summed E-state index contributed by atoms with van der Waals surface area (Å²) in [5, 5.41) is 7.14. The second-order valence-electron chi connectivity index (χ2n) is 6.28. The first-order chi connectivity index (χ1) is 12.2. The first kappa shape index (κ1) is 18.3. The molecule has 138 valence electrons. The predicted octanol–water partition coefficient (Wildman–Crippen LogP) is 1.34. The number of thiophene rings is 1. The van der Waals surface area contributed by atoms with Crippen LogP contribution < -0.4 is 10.6 Å². The van der Waals surface area contributed by atoms with Crippen LogP contribution in [0.5, 0.6) is 0 Å². The predicted molar refractivity (Wildman–Crippen MR) is 94.5 cm³/mol. The molecule has 1 unspecified atom stereocenters. The number of imide groups is 1. The van der Waals surface area contributed by atoms with Crippen LogP contribution in [0.1, 0.15) is 24.1 Å². The van der Waals surface area contributed by atoms with Crippen LogP contribution >= 0.6 is 11.3 Å². The molecule has 0 spiro atoms. The fourth-order valence-electron chi connectivity index (χ4n) is 3.27. The van der Waals surface area contributed by atoms with E-state index in [0.717, 1.165) is 32.2 Å². The Labute approximate surface area is 151 Å². The van der Waals surface area contributed by atoms with Crippen molar-refractivity contribution in [3.8, 4) is 0 Å². The molecule has 3 amide bonds. The summed E-state index contributed by atoms with van der Waals surface area (Å²) in [4.78, 5) is 27.3. The van der Waals surface area contributed by atoms with E-state index >= 15 is 0 Å². The van der Waals surface area contributed by atoms with Crippen molar-refractivity contribution in [1.29, 1.82) is 0 Å². The molecule has 0 saturated carbocycles. The van der Waals surface area contributed by atoms with Crippen molar-refractivity contribution >= 4 is 23.3 Å². The highest BCUT2D eigenvalue weighted by Gasteiger charge is 2.34. The quantitative estimate of drug-likeness (QED) is 0.793. The molecule has 0 aromatic carbocycles. The van der Waals surface area contributed by atoms with Gasteiger partial charge in [-0.25, -0.2) is 4.79 Å². The molecule has 0 bridgehead atoms. The minimum absolute atomic E-state index is 0.0869. The Kier molecular flexibility index (Phi) is 6.80. The lowest BCUT2D eigenvalue weighted by molar-refractivity contribution is -0.130. The smallest absolute Gasteiger partial charge is 0.321 e. The van der Waals surface area contributed by atoms with Gasteiger partial charge in [0.2, 0.25) is 5.91 Å². The van der Waals surface area contributed by atoms with E-state index in [1.54, 1.807) is 11.3 Å². The van der Waals surface area contributed by atoms with E-state index in [1.807, 2.05) is 17.5 Å². The standard InChI is InChI=1S/C17H25N3O4S/c21-15(19-17(22)18-7-6-13-4-3-11-25-13)12-20-8-2-1-5-14(20)16-23-9-10-24-16/h3-4,11,14,16H,1-2,5-10,12H2,(H2,18,19,21,22). The normalized spacial score (nSPS) is 22.0. The second kappa shape index (κ2) is 9.28. The maximum absolute atomic E-state index is 12.2. The average Bonchev–Trinajstić information content (AvgIpc) is 3.29. The number of ether oxygens (including phenoxy) is 2. The highest BCUT2D eigenvalue weighted by atomic mass is 32.1. The first-order valence-corrected chi connectivity index (χ1v) is 9.67. The van der Waals surface area contributed by atoms with Crippen LogP contribution in [-0.4, -0.2) is 62.0 Å². The molecule has 3 heterocycles. The lowest BCUT2D eigenvalue weighted by Crippen LogP contribution is -2.52. The molecule has 1 aromatic rings. The van der Waals surface area contributed by atoms with Gasteiger partial charge in [0.1, 0.15) is 0 Å². The number of piperidine rings is 1. The number of amides is 3. The minimum atomic E-state index is -0.441. The van der Waals surface area contributed by atoms with Crippen molar-refractivity contribution in [1.82, 2.24) is 15.5 Å². The Morgan fingerprint density at radius 1 is 1.28 bits per heavy atom. The first-order valence-electron chi connectivity index (χ1n) is 8.80. The Morgan fingerprint density at radius 3 is 2.88 bits per heavy atom. The maximum atomic E-state index is 12.2. The topological polar surface area (TPSA) is 79.9 Å². The summed E-state index contributed by atoms with van der Waals surface area (Å²) in [7, 11) is 0. The van der Waals surface area contributed by atoms with Gasteiger partial charge in [0.25, 0.3) is 0 Å². The van der Waals surface area contributed by atoms with Crippen LogP contribution in [0.4, 0.5) is 4.79 Å². The molecule has 3 rings (SSSR count). The molecule has 0 radical (unpaired) electrons. The number of nitrogens with one attached hydrogen (secondary N) is 2. The summed E-state index contributed by atoms with van der Waals surface area (Å²) in [6, 6.07) is 3.66. The van der Waals surface area contributed by atoms with Gasteiger partial charge in [-0.1, -0.05) is 12.5 Å². The van der Waals surface area contributed by atoms with Crippen LogP contribution in [0.2, 0.25) is 0 Å². The molecular weight excluding hydrogens is 342 g/mol. The van der Waals surface area contributed by atoms with Crippen molar-refractivity contribution in [3.63, 3.8) is 0 Å². The lowest BCUT2D eigenvalue weighted by atomic mass is 10.0. The number of hydrogen-bond donors (Lipinski definition) is 2. The van der Waals surface area contributed by atoms with Crippen molar-refractivity contribution in [2.75, 3.05) is 32.8 Å². The summed E-state index contributed by atoms with van der Waals surface area (Å²) in [6.45, 7) is 2.73.